The maximum absolute atomic E-state index is 12.8. The minimum atomic E-state index is -3.08. The molecule has 1 rings (SSSR count). The van der Waals surface area contributed by atoms with Gasteiger partial charge >= 0.3 is 0 Å². The SMILES string of the molecule is CCN(C(=O)C(C)(C)C(=O)NCCCOC)C1CCS(=O)(=O)C1. The van der Waals surface area contributed by atoms with Crippen molar-refractivity contribution in [3.63, 3.8) is 0 Å². The lowest BCUT2D eigenvalue weighted by Gasteiger charge is -2.34. The van der Waals surface area contributed by atoms with Crippen LogP contribution in [0.2, 0.25) is 0 Å². The van der Waals surface area contributed by atoms with Gasteiger partial charge in [-0.3, -0.25) is 9.59 Å². The van der Waals surface area contributed by atoms with Gasteiger partial charge in [0.05, 0.1) is 11.5 Å². The maximum Gasteiger partial charge on any atom is 0.237 e. The second kappa shape index (κ2) is 8.10. The molecule has 1 unspecified atom stereocenters. The smallest absolute Gasteiger partial charge is 0.237 e. The Hall–Kier alpha value is -1.15. The fourth-order valence-electron chi connectivity index (χ4n) is 2.68. The summed E-state index contributed by atoms with van der Waals surface area (Å²) in [5, 5.41) is 2.74. The van der Waals surface area contributed by atoms with E-state index in [1.165, 1.54) is 4.90 Å². The Morgan fingerprint density at radius 2 is 2.00 bits per heavy atom. The summed E-state index contributed by atoms with van der Waals surface area (Å²) in [6.07, 6.45) is 1.11. The first kappa shape index (κ1) is 19.9. The highest BCUT2D eigenvalue weighted by molar-refractivity contribution is 7.91. The van der Waals surface area contributed by atoms with E-state index in [9.17, 15) is 18.0 Å². The van der Waals surface area contributed by atoms with Crippen LogP contribution >= 0.6 is 0 Å². The maximum atomic E-state index is 12.8. The second-order valence-corrected chi connectivity index (χ2v) is 8.60. The Kier molecular flexibility index (Phi) is 7.01. The van der Waals surface area contributed by atoms with Crippen molar-refractivity contribution in [1.82, 2.24) is 10.2 Å². The van der Waals surface area contributed by atoms with Crippen LogP contribution in [0.4, 0.5) is 0 Å². The van der Waals surface area contributed by atoms with E-state index in [0.29, 0.717) is 32.5 Å². The summed E-state index contributed by atoms with van der Waals surface area (Å²) in [4.78, 5) is 26.6. The number of carbonyl (C=O) groups excluding carboxylic acids is 2. The lowest BCUT2D eigenvalue weighted by atomic mass is 9.89. The van der Waals surface area contributed by atoms with Crippen molar-refractivity contribution in [3.05, 3.63) is 0 Å². The first-order valence-electron chi connectivity index (χ1n) is 7.94. The highest BCUT2D eigenvalue weighted by atomic mass is 32.2. The van der Waals surface area contributed by atoms with E-state index < -0.39 is 15.3 Å². The highest BCUT2D eigenvalue weighted by Crippen LogP contribution is 2.25. The van der Waals surface area contributed by atoms with Gasteiger partial charge in [-0.15, -0.1) is 0 Å². The molecule has 0 saturated carbocycles. The number of carbonyl (C=O) groups is 2. The number of nitrogens with zero attached hydrogens (tertiary/aromatic N) is 1. The summed E-state index contributed by atoms with van der Waals surface area (Å²) in [6, 6.07) is -0.335. The molecular formula is C15H28N2O5S. The first-order chi connectivity index (χ1) is 10.7. The van der Waals surface area contributed by atoms with Crippen molar-refractivity contribution in [1.29, 1.82) is 0 Å². The molecule has 8 heteroatoms. The molecule has 0 bridgehead atoms. The zero-order chi connectivity index (χ0) is 17.7. The molecule has 1 saturated heterocycles. The van der Waals surface area contributed by atoms with Crippen molar-refractivity contribution in [2.45, 2.75) is 39.7 Å². The molecule has 0 radical (unpaired) electrons. The minimum absolute atomic E-state index is 0.0158. The van der Waals surface area contributed by atoms with Gasteiger partial charge in [0, 0.05) is 32.8 Å². The first-order valence-corrected chi connectivity index (χ1v) is 9.76. The molecule has 23 heavy (non-hydrogen) atoms. The number of rotatable bonds is 8. The van der Waals surface area contributed by atoms with Crippen LogP contribution in [-0.4, -0.2) is 69.5 Å². The van der Waals surface area contributed by atoms with Crippen LogP contribution in [0, 0.1) is 5.41 Å². The number of hydrogen-bond donors (Lipinski definition) is 1. The summed E-state index contributed by atoms with van der Waals surface area (Å²) in [5.41, 5.74) is -1.23. The number of sulfone groups is 1. The molecule has 0 aromatic heterocycles. The zero-order valence-electron chi connectivity index (χ0n) is 14.4. The van der Waals surface area contributed by atoms with E-state index >= 15 is 0 Å². The van der Waals surface area contributed by atoms with Gasteiger partial charge in [-0.1, -0.05) is 0 Å². The van der Waals surface area contributed by atoms with E-state index in [1.54, 1.807) is 27.9 Å². The molecule has 134 valence electrons. The third-order valence-corrected chi connectivity index (χ3v) is 5.91. The quantitative estimate of drug-likeness (QED) is 0.500. The van der Waals surface area contributed by atoms with E-state index in [1.807, 2.05) is 0 Å². The van der Waals surface area contributed by atoms with E-state index in [-0.39, 0.29) is 29.4 Å². The average molecular weight is 348 g/mol. The van der Waals surface area contributed by atoms with Crippen LogP contribution in [0.3, 0.4) is 0 Å². The van der Waals surface area contributed by atoms with Gasteiger partial charge in [0.15, 0.2) is 9.84 Å². The Morgan fingerprint density at radius 1 is 1.35 bits per heavy atom. The second-order valence-electron chi connectivity index (χ2n) is 6.38. The molecule has 0 aromatic carbocycles. The van der Waals surface area contributed by atoms with E-state index in [0.717, 1.165) is 0 Å². The van der Waals surface area contributed by atoms with Gasteiger partial charge < -0.3 is 15.0 Å². The van der Waals surface area contributed by atoms with Gasteiger partial charge in [0.25, 0.3) is 0 Å². The molecule has 0 spiro atoms. The molecule has 1 atom stereocenters. The third kappa shape index (κ3) is 5.17. The topological polar surface area (TPSA) is 92.8 Å². The van der Waals surface area contributed by atoms with Crippen molar-refractivity contribution >= 4 is 21.7 Å². The van der Waals surface area contributed by atoms with Crippen molar-refractivity contribution in [2.75, 3.05) is 38.3 Å². The van der Waals surface area contributed by atoms with Crippen molar-refractivity contribution < 1.29 is 22.7 Å². The molecule has 1 aliphatic rings. The van der Waals surface area contributed by atoms with Crippen LogP contribution in [0.5, 0.6) is 0 Å². The normalized spacial score (nSPS) is 20.3. The molecule has 7 nitrogen and oxygen atoms in total. The third-order valence-electron chi connectivity index (χ3n) is 4.16. The van der Waals surface area contributed by atoms with Crippen LogP contribution < -0.4 is 5.32 Å². The van der Waals surface area contributed by atoms with Gasteiger partial charge in [-0.05, 0) is 33.6 Å². The zero-order valence-corrected chi connectivity index (χ0v) is 15.2. The van der Waals surface area contributed by atoms with E-state index in [2.05, 4.69) is 5.32 Å². The standard InChI is InChI=1S/C15H28N2O5S/c1-5-17(12-7-10-23(20,21)11-12)14(19)15(2,3)13(18)16-8-6-9-22-4/h12H,5-11H2,1-4H3,(H,16,18). The molecule has 1 fully saturated rings. The molecule has 0 aliphatic carbocycles. The number of amides is 2. The molecule has 0 aromatic rings. The Morgan fingerprint density at radius 3 is 2.48 bits per heavy atom. The van der Waals surface area contributed by atoms with Crippen LogP contribution in [-0.2, 0) is 24.2 Å². The summed E-state index contributed by atoms with van der Waals surface area (Å²) >= 11 is 0. The fraction of sp³-hybridized carbons (Fsp3) is 0.867. The summed E-state index contributed by atoms with van der Waals surface area (Å²) in [7, 11) is -1.49. The van der Waals surface area contributed by atoms with Crippen molar-refractivity contribution in [2.24, 2.45) is 5.41 Å². The molecule has 1 heterocycles. The fourth-order valence-corrected chi connectivity index (χ4v) is 4.42. The lowest BCUT2D eigenvalue weighted by Crippen LogP contribution is -2.53. The molecule has 2 amide bonds. The number of nitrogens with one attached hydrogen (secondary N) is 1. The predicted molar refractivity (Wildman–Crippen MR) is 87.7 cm³/mol. The van der Waals surface area contributed by atoms with Crippen LogP contribution in [0.15, 0.2) is 0 Å². The monoisotopic (exact) mass is 348 g/mol. The van der Waals surface area contributed by atoms with Crippen molar-refractivity contribution in [3.8, 4) is 0 Å². The number of hydrogen-bond acceptors (Lipinski definition) is 5. The Bertz CT molecular complexity index is 530. The van der Waals surface area contributed by atoms with Crippen LogP contribution in [0.1, 0.15) is 33.6 Å². The van der Waals surface area contributed by atoms with Crippen LogP contribution in [0.25, 0.3) is 0 Å². The summed E-state index contributed by atoms with van der Waals surface area (Å²) in [6.45, 7) is 6.32. The average Bonchev–Trinajstić information content (AvgIpc) is 2.84. The molecule has 1 aliphatic heterocycles. The van der Waals surface area contributed by atoms with Gasteiger partial charge in [0.2, 0.25) is 11.8 Å². The Labute approximate surface area is 138 Å². The molecular weight excluding hydrogens is 320 g/mol. The minimum Gasteiger partial charge on any atom is -0.385 e. The Balaban J connectivity index is 2.72. The van der Waals surface area contributed by atoms with Gasteiger partial charge in [-0.25, -0.2) is 8.42 Å². The summed E-state index contributed by atoms with van der Waals surface area (Å²) < 4.78 is 28.2. The molecule has 1 N–H and O–H groups in total. The summed E-state index contributed by atoms with van der Waals surface area (Å²) in [5.74, 6) is -0.590. The van der Waals surface area contributed by atoms with E-state index in [4.69, 9.17) is 4.74 Å². The lowest BCUT2D eigenvalue weighted by molar-refractivity contribution is -0.149. The highest BCUT2D eigenvalue weighted by Gasteiger charge is 2.43. The largest absolute Gasteiger partial charge is 0.385 e. The van der Waals surface area contributed by atoms with Gasteiger partial charge in [-0.2, -0.15) is 0 Å². The number of methoxy groups -OCH3 is 1. The number of ether oxygens (including phenoxy) is 1. The predicted octanol–water partition coefficient (Wildman–Crippen LogP) is 0.201. The van der Waals surface area contributed by atoms with Gasteiger partial charge in [0.1, 0.15) is 5.41 Å².